The fourth-order valence-electron chi connectivity index (χ4n) is 1.94. The zero-order valence-electron chi connectivity index (χ0n) is 11.7. The number of nitrogens with zero attached hydrogens (tertiary/aromatic N) is 2. The van der Waals surface area contributed by atoms with Crippen LogP contribution in [0.1, 0.15) is 10.4 Å². The van der Waals surface area contributed by atoms with E-state index in [9.17, 15) is 4.79 Å². The van der Waals surface area contributed by atoms with E-state index in [1.807, 2.05) is 60.8 Å². The number of hydrogen-bond donors (Lipinski definition) is 0. The van der Waals surface area contributed by atoms with Crippen LogP contribution in [-0.4, -0.2) is 26.0 Å². The number of cyclic esters (lactones) is 1. The molecule has 1 aliphatic heterocycles. The lowest BCUT2D eigenvalue weighted by molar-refractivity contribution is -0.129. The van der Waals surface area contributed by atoms with Gasteiger partial charge in [0.25, 0.3) is 0 Å². The van der Waals surface area contributed by atoms with Gasteiger partial charge in [-0.05, 0) is 35.2 Å². The van der Waals surface area contributed by atoms with E-state index in [1.54, 1.807) is 6.08 Å². The Labute approximate surface area is 127 Å². The molecule has 1 aliphatic rings. The summed E-state index contributed by atoms with van der Waals surface area (Å²) in [6.45, 7) is 0. The standard InChI is InChI=1S/C16H14N2O2S/c1-18(2)12-7-5-11(6-8-12)10-13-16(19)20-15(17-13)14-4-3-9-21-14/h3-10H,1-2H3. The highest BCUT2D eigenvalue weighted by Gasteiger charge is 2.24. The van der Waals surface area contributed by atoms with Crippen LogP contribution in [0, 0.1) is 0 Å². The smallest absolute Gasteiger partial charge is 0.363 e. The van der Waals surface area contributed by atoms with Crippen LogP contribution in [0.25, 0.3) is 6.08 Å². The quantitative estimate of drug-likeness (QED) is 0.645. The highest BCUT2D eigenvalue weighted by molar-refractivity contribution is 7.12. The van der Waals surface area contributed by atoms with Crippen LogP contribution < -0.4 is 4.90 Å². The highest BCUT2D eigenvalue weighted by Crippen LogP contribution is 2.22. The third-order valence-electron chi connectivity index (χ3n) is 3.07. The molecule has 0 atom stereocenters. The maximum absolute atomic E-state index is 11.9. The van der Waals surface area contributed by atoms with Crippen LogP contribution in [0.3, 0.4) is 0 Å². The van der Waals surface area contributed by atoms with Crippen LogP contribution in [0.15, 0.2) is 52.5 Å². The Morgan fingerprint density at radius 2 is 1.95 bits per heavy atom. The number of carbonyl (C=O) groups is 1. The third-order valence-corrected chi connectivity index (χ3v) is 3.92. The lowest BCUT2D eigenvalue weighted by Crippen LogP contribution is -2.07. The van der Waals surface area contributed by atoms with E-state index in [1.165, 1.54) is 11.3 Å². The van der Waals surface area contributed by atoms with Crippen LogP contribution in [-0.2, 0) is 9.53 Å². The summed E-state index contributed by atoms with van der Waals surface area (Å²) in [6, 6.07) is 11.7. The topological polar surface area (TPSA) is 41.9 Å². The Kier molecular flexibility index (Phi) is 3.58. The first-order valence-electron chi connectivity index (χ1n) is 6.47. The summed E-state index contributed by atoms with van der Waals surface area (Å²) in [4.78, 5) is 19.0. The maximum atomic E-state index is 11.9. The van der Waals surface area contributed by atoms with E-state index in [2.05, 4.69) is 4.99 Å². The van der Waals surface area contributed by atoms with E-state index in [4.69, 9.17) is 4.74 Å². The molecular weight excluding hydrogens is 284 g/mol. The zero-order valence-corrected chi connectivity index (χ0v) is 12.6. The third kappa shape index (κ3) is 2.87. The van der Waals surface area contributed by atoms with Gasteiger partial charge in [0.05, 0.1) is 4.88 Å². The molecule has 2 aromatic rings. The van der Waals surface area contributed by atoms with Crippen molar-refractivity contribution >= 4 is 35.0 Å². The summed E-state index contributed by atoms with van der Waals surface area (Å²) in [7, 11) is 3.97. The fraction of sp³-hybridized carbons (Fsp3) is 0.125. The van der Waals surface area contributed by atoms with E-state index in [0.717, 1.165) is 16.1 Å². The van der Waals surface area contributed by atoms with Gasteiger partial charge in [0.1, 0.15) is 0 Å². The van der Waals surface area contributed by atoms with Crippen molar-refractivity contribution < 1.29 is 9.53 Å². The summed E-state index contributed by atoms with van der Waals surface area (Å²) in [6.07, 6.45) is 1.74. The summed E-state index contributed by atoms with van der Waals surface area (Å²) < 4.78 is 5.20. The number of benzene rings is 1. The van der Waals surface area contributed by atoms with Crippen molar-refractivity contribution in [2.24, 2.45) is 4.99 Å². The zero-order chi connectivity index (χ0) is 14.8. The number of rotatable bonds is 3. The lowest BCUT2D eigenvalue weighted by atomic mass is 10.1. The molecule has 2 heterocycles. The molecule has 0 amide bonds. The molecule has 0 unspecified atom stereocenters. The Balaban J connectivity index is 1.87. The first kappa shape index (κ1) is 13.6. The Morgan fingerprint density at radius 1 is 1.19 bits per heavy atom. The minimum Gasteiger partial charge on any atom is -0.401 e. The number of ether oxygens (including phenoxy) is 1. The first-order valence-corrected chi connectivity index (χ1v) is 7.35. The molecule has 0 spiro atoms. The average Bonchev–Trinajstić information content (AvgIpc) is 3.10. The van der Waals surface area contributed by atoms with Gasteiger partial charge >= 0.3 is 5.97 Å². The van der Waals surface area contributed by atoms with Gasteiger partial charge in [-0.2, -0.15) is 0 Å². The molecule has 21 heavy (non-hydrogen) atoms. The van der Waals surface area contributed by atoms with Gasteiger partial charge in [-0.15, -0.1) is 11.3 Å². The van der Waals surface area contributed by atoms with Gasteiger partial charge in [0.15, 0.2) is 5.70 Å². The van der Waals surface area contributed by atoms with Gasteiger partial charge in [0.2, 0.25) is 5.90 Å². The fourth-order valence-corrected chi connectivity index (χ4v) is 2.59. The van der Waals surface area contributed by atoms with E-state index in [-0.39, 0.29) is 0 Å². The van der Waals surface area contributed by atoms with Gasteiger partial charge in [-0.3, -0.25) is 0 Å². The van der Waals surface area contributed by atoms with Crippen molar-refractivity contribution in [1.29, 1.82) is 0 Å². The molecule has 4 nitrogen and oxygen atoms in total. The normalized spacial score (nSPS) is 16.0. The maximum Gasteiger partial charge on any atom is 0.363 e. The lowest BCUT2D eigenvalue weighted by Gasteiger charge is -2.11. The predicted molar refractivity (Wildman–Crippen MR) is 85.7 cm³/mol. The van der Waals surface area contributed by atoms with Gasteiger partial charge in [-0.1, -0.05) is 18.2 Å². The van der Waals surface area contributed by atoms with E-state index >= 15 is 0 Å². The number of anilines is 1. The van der Waals surface area contributed by atoms with Crippen LogP contribution in [0.5, 0.6) is 0 Å². The molecule has 5 heteroatoms. The van der Waals surface area contributed by atoms with Crippen molar-refractivity contribution in [2.45, 2.75) is 0 Å². The summed E-state index contributed by atoms with van der Waals surface area (Å²) >= 11 is 1.49. The number of aliphatic imine (C=N–C) groups is 1. The molecule has 1 aromatic heterocycles. The summed E-state index contributed by atoms with van der Waals surface area (Å²) in [5.74, 6) is -0.0266. The molecule has 1 aromatic carbocycles. The van der Waals surface area contributed by atoms with Crippen molar-refractivity contribution in [3.8, 4) is 0 Å². The van der Waals surface area contributed by atoms with Crippen LogP contribution >= 0.6 is 11.3 Å². The molecule has 0 N–H and O–H groups in total. The largest absolute Gasteiger partial charge is 0.401 e. The molecule has 0 radical (unpaired) electrons. The van der Waals surface area contributed by atoms with Crippen LogP contribution in [0.4, 0.5) is 5.69 Å². The second kappa shape index (κ2) is 5.54. The molecule has 3 rings (SSSR count). The SMILES string of the molecule is CN(C)c1ccc(C=C2N=C(c3cccs3)OC2=O)cc1. The summed E-state index contributed by atoms with van der Waals surface area (Å²) in [5.41, 5.74) is 2.36. The number of hydrogen-bond acceptors (Lipinski definition) is 5. The predicted octanol–water partition coefficient (Wildman–Crippen LogP) is 3.16. The van der Waals surface area contributed by atoms with E-state index < -0.39 is 5.97 Å². The molecule has 0 aliphatic carbocycles. The molecule has 0 saturated heterocycles. The molecule has 0 saturated carbocycles. The Bertz CT molecular complexity index is 713. The van der Waals surface area contributed by atoms with Crippen LogP contribution in [0.2, 0.25) is 0 Å². The average molecular weight is 298 g/mol. The monoisotopic (exact) mass is 298 g/mol. The minimum atomic E-state index is -0.407. The van der Waals surface area contributed by atoms with Gasteiger partial charge in [0, 0.05) is 19.8 Å². The molecular formula is C16H14N2O2S. The van der Waals surface area contributed by atoms with Gasteiger partial charge < -0.3 is 9.64 Å². The van der Waals surface area contributed by atoms with Crippen molar-refractivity contribution in [1.82, 2.24) is 0 Å². The second-order valence-corrected chi connectivity index (χ2v) is 5.75. The van der Waals surface area contributed by atoms with Crippen molar-refractivity contribution in [3.05, 3.63) is 57.9 Å². The second-order valence-electron chi connectivity index (χ2n) is 4.80. The number of carbonyl (C=O) groups excluding carboxylic acids is 1. The highest BCUT2D eigenvalue weighted by atomic mass is 32.1. The van der Waals surface area contributed by atoms with Crippen molar-refractivity contribution in [2.75, 3.05) is 19.0 Å². The van der Waals surface area contributed by atoms with Gasteiger partial charge in [-0.25, -0.2) is 9.79 Å². The number of esters is 1. The summed E-state index contributed by atoms with van der Waals surface area (Å²) in [5, 5.41) is 1.92. The molecule has 106 valence electrons. The Morgan fingerprint density at radius 3 is 2.57 bits per heavy atom. The van der Waals surface area contributed by atoms with Crippen molar-refractivity contribution in [3.63, 3.8) is 0 Å². The van der Waals surface area contributed by atoms with E-state index in [0.29, 0.717) is 11.6 Å². The number of thiophene rings is 1. The first-order chi connectivity index (χ1) is 10.1. The minimum absolute atomic E-state index is 0.330. The Hall–Kier alpha value is -2.40. The molecule has 0 bridgehead atoms. The molecule has 0 fully saturated rings.